The fourth-order valence-electron chi connectivity index (χ4n) is 4.26. The van der Waals surface area contributed by atoms with Crippen LogP contribution >= 0.6 is 0 Å². The summed E-state index contributed by atoms with van der Waals surface area (Å²) < 4.78 is 30.0. The predicted octanol–water partition coefficient (Wildman–Crippen LogP) is 9.88. The SMILES string of the molecule is C=C(C)/C(C(=C)N/C(C)=C(/C=C(\C=C/C)C(C)(C)F)c1cc(C(C)(C)F)ncn1)=C(/C)C(C)(C)CCCC. The van der Waals surface area contributed by atoms with Crippen LogP contribution in [0.3, 0.4) is 0 Å². The minimum atomic E-state index is -1.65. The molecule has 1 N–H and O–H groups in total. The molecule has 0 fully saturated rings. The summed E-state index contributed by atoms with van der Waals surface area (Å²) in [6.07, 6.45) is 9.96. The number of rotatable bonds is 13. The van der Waals surface area contributed by atoms with Crippen LogP contribution in [-0.4, -0.2) is 15.6 Å². The number of nitrogens with one attached hydrogen (secondary N) is 1. The molecule has 0 spiro atoms. The zero-order chi connectivity index (χ0) is 29.5. The van der Waals surface area contributed by atoms with Gasteiger partial charge in [0.05, 0.1) is 11.4 Å². The third-order valence-electron chi connectivity index (χ3n) is 6.90. The molecule has 1 aromatic rings. The van der Waals surface area contributed by atoms with E-state index >= 15 is 4.39 Å². The van der Waals surface area contributed by atoms with Gasteiger partial charge in [0.1, 0.15) is 17.7 Å². The first-order chi connectivity index (χ1) is 17.4. The molecule has 0 bridgehead atoms. The molecule has 0 unspecified atom stereocenters. The van der Waals surface area contributed by atoms with Crippen molar-refractivity contribution in [2.45, 2.75) is 107 Å². The summed E-state index contributed by atoms with van der Waals surface area (Å²) in [4.78, 5) is 8.57. The van der Waals surface area contributed by atoms with Crippen molar-refractivity contribution >= 4 is 5.57 Å². The van der Waals surface area contributed by atoms with Crippen LogP contribution < -0.4 is 5.32 Å². The van der Waals surface area contributed by atoms with E-state index in [-0.39, 0.29) is 11.1 Å². The van der Waals surface area contributed by atoms with Crippen LogP contribution in [-0.2, 0) is 5.67 Å². The maximum Gasteiger partial charge on any atom is 0.147 e. The summed E-state index contributed by atoms with van der Waals surface area (Å²) in [6.45, 7) is 29.1. The highest BCUT2D eigenvalue weighted by Crippen LogP contribution is 2.38. The van der Waals surface area contributed by atoms with Crippen LogP contribution in [0.1, 0.15) is 107 Å². The average Bonchev–Trinajstić information content (AvgIpc) is 2.78. The highest BCUT2D eigenvalue weighted by molar-refractivity contribution is 5.76. The van der Waals surface area contributed by atoms with E-state index in [0.29, 0.717) is 28.2 Å². The van der Waals surface area contributed by atoms with Crippen molar-refractivity contribution in [3.63, 3.8) is 0 Å². The Morgan fingerprint density at radius 1 is 1.03 bits per heavy atom. The highest BCUT2D eigenvalue weighted by atomic mass is 19.1. The number of alkyl halides is 2. The molecule has 1 rings (SSSR count). The van der Waals surface area contributed by atoms with E-state index in [4.69, 9.17) is 0 Å². The molecule has 0 aliphatic rings. The van der Waals surface area contributed by atoms with E-state index in [1.54, 1.807) is 24.3 Å². The molecule has 0 aliphatic heterocycles. The van der Waals surface area contributed by atoms with E-state index in [1.165, 1.54) is 39.6 Å². The van der Waals surface area contributed by atoms with Gasteiger partial charge in [0.2, 0.25) is 0 Å². The Bertz CT molecular complexity index is 1130. The minimum absolute atomic E-state index is 0.0269. The molecular weight excluding hydrogens is 476 g/mol. The number of halogens is 2. The van der Waals surface area contributed by atoms with E-state index in [1.807, 2.05) is 20.8 Å². The zero-order valence-corrected chi connectivity index (χ0v) is 25.6. The molecule has 3 nitrogen and oxygen atoms in total. The molecule has 0 saturated carbocycles. The summed E-state index contributed by atoms with van der Waals surface area (Å²) in [6, 6.07) is 1.62. The van der Waals surface area contributed by atoms with Gasteiger partial charge in [0, 0.05) is 17.0 Å². The third kappa shape index (κ3) is 9.18. The zero-order valence-electron chi connectivity index (χ0n) is 25.6. The first-order valence-corrected chi connectivity index (χ1v) is 13.5. The third-order valence-corrected chi connectivity index (χ3v) is 6.90. The second-order valence-electron chi connectivity index (χ2n) is 11.7. The number of allylic oxidation sites excluding steroid dienone is 8. The van der Waals surface area contributed by atoms with Gasteiger partial charge in [-0.2, -0.15) is 0 Å². The normalized spacial score (nSPS) is 14.8. The van der Waals surface area contributed by atoms with Crippen LogP contribution in [0.2, 0.25) is 0 Å². The molecular formula is C33H49F2N3. The smallest absolute Gasteiger partial charge is 0.147 e. The number of aromatic nitrogens is 2. The maximum atomic E-state index is 15.2. The molecule has 0 amide bonds. The van der Waals surface area contributed by atoms with Gasteiger partial charge < -0.3 is 5.32 Å². The van der Waals surface area contributed by atoms with Crippen LogP contribution in [0.5, 0.6) is 0 Å². The molecule has 0 saturated heterocycles. The quantitative estimate of drug-likeness (QED) is 0.260. The second kappa shape index (κ2) is 13.3. The van der Waals surface area contributed by atoms with Gasteiger partial charge >= 0.3 is 0 Å². The summed E-state index contributed by atoms with van der Waals surface area (Å²) in [5.74, 6) is 0. The Kier molecular flexibility index (Phi) is 11.6. The largest absolute Gasteiger partial charge is 0.359 e. The Morgan fingerprint density at radius 3 is 2.11 bits per heavy atom. The molecule has 210 valence electrons. The number of unbranched alkanes of at least 4 members (excludes halogenated alkanes) is 1. The topological polar surface area (TPSA) is 37.8 Å². The monoisotopic (exact) mass is 525 g/mol. The number of nitrogens with zero attached hydrogens (tertiary/aromatic N) is 2. The Balaban J connectivity index is 3.83. The summed E-state index contributed by atoms with van der Waals surface area (Å²) >= 11 is 0. The van der Waals surface area contributed by atoms with E-state index in [0.717, 1.165) is 30.4 Å². The van der Waals surface area contributed by atoms with Gasteiger partial charge in [-0.15, -0.1) is 0 Å². The Labute approximate surface area is 230 Å². The summed E-state index contributed by atoms with van der Waals surface area (Å²) in [5, 5.41) is 3.45. The molecule has 38 heavy (non-hydrogen) atoms. The Hall–Kier alpha value is -2.82. The minimum Gasteiger partial charge on any atom is -0.359 e. The molecule has 1 heterocycles. The lowest BCUT2D eigenvalue weighted by molar-refractivity contribution is 0.214. The summed E-state index contributed by atoms with van der Waals surface area (Å²) in [7, 11) is 0. The maximum absolute atomic E-state index is 15.2. The molecule has 0 atom stereocenters. The number of hydrogen-bond acceptors (Lipinski definition) is 3. The fraction of sp³-hybridized carbons (Fsp3) is 0.515. The van der Waals surface area contributed by atoms with Crippen molar-refractivity contribution in [3.8, 4) is 0 Å². The predicted molar refractivity (Wildman–Crippen MR) is 160 cm³/mol. The van der Waals surface area contributed by atoms with Gasteiger partial charge in [-0.25, -0.2) is 18.7 Å². The fourth-order valence-corrected chi connectivity index (χ4v) is 4.26. The first-order valence-electron chi connectivity index (χ1n) is 13.5. The standard InChI is InChI=1S/C33H49F2N3/c1-14-16-18-31(8,9)23(5)30(22(3)4)25(7)38-24(6)27(19-26(17-15-2)32(10,11)34)28-20-29(33(12,13)35)37-21-36-28/h15,17,19-21,38H,3,7,14,16,18H2,1-2,4-6,8-13H3/b17-15-,26-19+,27-24-,30-23+. The lowest BCUT2D eigenvalue weighted by atomic mass is 9.76. The van der Waals surface area contributed by atoms with Gasteiger partial charge in [-0.1, -0.05) is 64.5 Å². The highest BCUT2D eigenvalue weighted by Gasteiger charge is 2.26. The molecule has 0 radical (unpaired) electrons. The molecule has 0 aliphatic carbocycles. The van der Waals surface area contributed by atoms with Crippen molar-refractivity contribution in [1.29, 1.82) is 0 Å². The van der Waals surface area contributed by atoms with Crippen LogP contribution in [0.25, 0.3) is 5.57 Å². The van der Waals surface area contributed by atoms with E-state index in [2.05, 4.69) is 56.1 Å². The van der Waals surface area contributed by atoms with Crippen molar-refractivity contribution in [1.82, 2.24) is 15.3 Å². The first kappa shape index (κ1) is 33.2. The van der Waals surface area contributed by atoms with Gasteiger partial charge in [0.15, 0.2) is 0 Å². The van der Waals surface area contributed by atoms with Crippen molar-refractivity contribution in [2.75, 3.05) is 0 Å². The molecule has 5 heteroatoms. The van der Waals surface area contributed by atoms with Gasteiger partial charge in [-0.3, -0.25) is 0 Å². The van der Waals surface area contributed by atoms with Gasteiger partial charge in [-0.05, 0) is 96.1 Å². The average molecular weight is 526 g/mol. The number of hydrogen-bond donors (Lipinski definition) is 1. The second-order valence-corrected chi connectivity index (χ2v) is 11.7. The lowest BCUT2D eigenvalue weighted by Crippen LogP contribution is -2.21. The van der Waals surface area contributed by atoms with Crippen LogP contribution in [0.15, 0.2) is 77.5 Å². The van der Waals surface area contributed by atoms with E-state index in [9.17, 15) is 4.39 Å². The van der Waals surface area contributed by atoms with E-state index < -0.39 is 11.3 Å². The molecule has 1 aromatic heterocycles. The van der Waals surface area contributed by atoms with Crippen molar-refractivity contribution in [2.24, 2.45) is 5.41 Å². The summed E-state index contributed by atoms with van der Waals surface area (Å²) in [5.41, 5.74) is 3.08. The van der Waals surface area contributed by atoms with Crippen molar-refractivity contribution < 1.29 is 8.78 Å². The van der Waals surface area contributed by atoms with Crippen LogP contribution in [0.4, 0.5) is 8.78 Å². The van der Waals surface area contributed by atoms with Crippen LogP contribution in [0, 0.1) is 5.41 Å². The van der Waals surface area contributed by atoms with Gasteiger partial charge in [0.25, 0.3) is 0 Å². The molecule has 0 aromatic carbocycles. The van der Waals surface area contributed by atoms with Crippen molar-refractivity contribution in [3.05, 3.63) is 88.9 Å². The lowest BCUT2D eigenvalue weighted by Gasteiger charge is -2.30. The Morgan fingerprint density at radius 2 is 1.63 bits per heavy atom.